The topological polar surface area (TPSA) is 67.9 Å². The molecule has 24 heavy (non-hydrogen) atoms. The van der Waals surface area contributed by atoms with Crippen LogP contribution < -0.4 is 4.90 Å². The molecule has 4 rings (SSSR count). The Hall–Kier alpha value is -2.76. The second-order valence-corrected chi connectivity index (χ2v) is 7.03. The molecule has 4 atom stereocenters. The summed E-state index contributed by atoms with van der Waals surface area (Å²) in [4.78, 5) is 16.2. The highest BCUT2D eigenvalue weighted by atomic mass is 32.2. The lowest BCUT2D eigenvalue weighted by atomic mass is 9.88. The zero-order valence-corrected chi connectivity index (χ0v) is 13.5. The maximum absolute atomic E-state index is 13.1. The molecule has 0 saturated carbocycles. The summed E-state index contributed by atoms with van der Waals surface area (Å²) in [5.41, 5.74) is 1.52. The van der Waals surface area contributed by atoms with Gasteiger partial charge in [0.05, 0.1) is 35.0 Å². The van der Waals surface area contributed by atoms with Crippen molar-refractivity contribution in [3.8, 4) is 12.1 Å². The van der Waals surface area contributed by atoms with Crippen molar-refractivity contribution in [2.24, 2.45) is 11.8 Å². The third-order valence-electron chi connectivity index (χ3n) is 4.62. The van der Waals surface area contributed by atoms with Crippen molar-refractivity contribution in [2.45, 2.75) is 16.3 Å². The van der Waals surface area contributed by atoms with Gasteiger partial charge in [-0.15, -0.1) is 0 Å². The first-order valence-electron chi connectivity index (χ1n) is 7.69. The molecule has 2 aromatic carbocycles. The van der Waals surface area contributed by atoms with Gasteiger partial charge in [-0.2, -0.15) is 10.5 Å². The molecule has 0 N–H and O–H groups in total. The lowest BCUT2D eigenvalue weighted by Crippen LogP contribution is -2.40. The maximum Gasteiger partial charge on any atom is 0.186 e. The number of para-hydroxylation sites is 1. The highest BCUT2D eigenvalue weighted by Gasteiger charge is 2.56. The number of ketones is 1. The molecule has 2 aliphatic heterocycles. The highest BCUT2D eigenvalue weighted by Crippen LogP contribution is 2.54. The van der Waals surface area contributed by atoms with Gasteiger partial charge in [0, 0.05) is 10.5 Å². The molecular formula is C19H13N3OS. The Kier molecular flexibility index (Phi) is 3.52. The van der Waals surface area contributed by atoms with Crippen LogP contribution in [0.1, 0.15) is 10.4 Å². The SMILES string of the molecule is N#C[C@@H]1[C@H](C#N)[C@H](C(=O)c2ccccc2)N2c3ccccc3S[C@H]12. The van der Waals surface area contributed by atoms with Gasteiger partial charge in [0.1, 0.15) is 6.04 Å². The first-order valence-corrected chi connectivity index (χ1v) is 8.56. The first-order chi connectivity index (χ1) is 11.8. The number of rotatable bonds is 2. The molecule has 2 heterocycles. The Bertz CT molecular complexity index is 883. The van der Waals surface area contributed by atoms with E-state index in [9.17, 15) is 15.3 Å². The van der Waals surface area contributed by atoms with Crippen LogP contribution in [0, 0.1) is 34.5 Å². The molecule has 1 saturated heterocycles. The monoisotopic (exact) mass is 331 g/mol. The van der Waals surface area contributed by atoms with Gasteiger partial charge in [0.25, 0.3) is 0 Å². The van der Waals surface area contributed by atoms with E-state index in [1.807, 2.05) is 47.4 Å². The Morgan fingerprint density at radius 2 is 1.62 bits per heavy atom. The van der Waals surface area contributed by atoms with Gasteiger partial charge in [0.2, 0.25) is 0 Å². The molecule has 0 spiro atoms. The number of hydrogen-bond acceptors (Lipinski definition) is 5. The average Bonchev–Trinajstić information content (AvgIpc) is 3.15. The van der Waals surface area contributed by atoms with Crippen molar-refractivity contribution in [1.29, 1.82) is 10.5 Å². The van der Waals surface area contributed by atoms with Gasteiger partial charge in [0.15, 0.2) is 5.78 Å². The summed E-state index contributed by atoms with van der Waals surface area (Å²) in [7, 11) is 0. The van der Waals surface area contributed by atoms with Gasteiger partial charge in [-0.25, -0.2) is 0 Å². The first kappa shape index (κ1) is 14.8. The van der Waals surface area contributed by atoms with Crippen LogP contribution in [0.25, 0.3) is 0 Å². The van der Waals surface area contributed by atoms with E-state index >= 15 is 0 Å². The van der Waals surface area contributed by atoms with E-state index in [0.29, 0.717) is 5.56 Å². The predicted molar refractivity (Wildman–Crippen MR) is 91.3 cm³/mol. The number of thioether (sulfide) groups is 1. The zero-order chi connectivity index (χ0) is 16.7. The molecule has 1 fully saturated rings. The Morgan fingerprint density at radius 3 is 2.33 bits per heavy atom. The van der Waals surface area contributed by atoms with Crippen LogP contribution in [-0.2, 0) is 0 Å². The van der Waals surface area contributed by atoms with Gasteiger partial charge in [-0.3, -0.25) is 4.79 Å². The molecule has 5 heteroatoms. The van der Waals surface area contributed by atoms with Gasteiger partial charge in [-0.1, -0.05) is 54.2 Å². The van der Waals surface area contributed by atoms with Gasteiger partial charge < -0.3 is 4.90 Å². The van der Waals surface area contributed by atoms with Crippen molar-refractivity contribution in [3.05, 3.63) is 60.2 Å². The Balaban J connectivity index is 1.83. The van der Waals surface area contributed by atoms with Crippen molar-refractivity contribution in [3.63, 3.8) is 0 Å². The van der Waals surface area contributed by atoms with Crippen molar-refractivity contribution in [2.75, 3.05) is 4.90 Å². The van der Waals surface area contributed by atoms with Crippen molar-refractivity contribution < 1.29 is 4.79 Å². The standard InChI is InChI=1S/C19H13N3OS/c20-10-13-14(11-21)19-22(15-8-4-5-9-16(15)24-19)17(13)18(23)12-6-2-1-3-7-12/h1-9,13-14,17,19H/t13-,14+,17+,19+/m0/s1. The van der Waals surface area contributed by atoms with Crippen LogP contribution in [-0.4, -0.2) is 17.2 Å². The fourth-order valence-corrected chi connectivity index (χ4v) is 5.00. The van der Waals surface area contributed by atoms with Crippen molar-refractivity contribution in [1.82, 2.24) is 0 Å². The number of nitriles is 2. The summed E-state index contributed by atoms with van der Waals surface area (Å²) in [5, 5.41) is 19.1. The van der Waals surface area contributed by atoms with Crippen LogP contribution in [0.5, 0.6) is 0 Å². The normalized spacial score (nSPS) is 27.0. The Labute approximate surface area is 144 Å². The third kappa shape index (κ3) is 2.02. The number of hydrogen-bond donors (Lipinski definition) is 0. The number of carbonyl (C=O) groups is 1. The fourth-order valence-electron chi connectivity index (χ4n) is 3.55. The largest absolute Gasteiger partial charge is 0.345 e. The third-order valence-corrected chi connectivity index (χ3v) is 5.99. The van der Waals surface area contributed by atoms with Crippen molar-refractivity contribution >= 4 is 23.2 Å². The highest BCUT2D eigenvalue weighted by molar-refractivity contribution is 8.00. The van der Waals surface area contributed by atoms with E-state index in [1.165, 1.54) is 0 Å². The van der Waals surface area contributed by atoms with E-state index in [0.717, 1.165) is 10.6 Å². The molecule has 0 aromatic heterocycles. The van der Waals surface area contributed by atoms with E-state index in [1.54, 1.807) is 23.9 Å². The summed E-state index contributed by atoms with van der Waals surface area (Å²) in [6, 6.07) is 20.7. The number of fused-ring (bicyclic) bond motifs is 3. The quantitative estimate of drug-likeness (QED) is 0.788. The molecule has 0 aliphatic carbocycles. The summed E-state index contributed by atoms with van der Waals surface area (Å²) >= 11 is 1.58. The maximum atomic E-state index is 13.1. The van der Waals surface area contributed by atoms with Crippen LogP contribution in [0.2, 0.25) is 0 Å². The molecule has 0 radical (unpaired) electrons. The van der Waals surface area contributed by atoms with E-state index < -0.39 is 17.9 Å². The molecular weight excluding hydrogens is 318 g/mol. The lowest BCUT2D eigenvalue weighted by Gasteiger charge is -2.26. The molecule has 0 unspecified atom stereocenters. The molecule has 2 aromatic rings. The number of Topliss-reactive ketones (excluding diaryl/α,β-unsaturated/α-hetero) is 1. The fraction of sp³-hybridized carbons (Fsp3) is 0.211. The number of carbonyl (C=O) groups excluding carboxylic acids is 1. The summed E-state index contributed by atoms with van der Waals surface area (Å²) in [5.74, 6) is -1.22. The number of nitrogens with zero attached hydrogens (tertiary/aromatic N) is 3. The second kappa shape index (κ2) is 5.70. The molecule has 116 valence electrons. The van der Waals surface area contributed by atoms with E-state index in [-0.39, 0.29) is 11.2 Å². The minimum atomic E-state index is -0.631. The molecule has 2 aliphatic rings. The molecule has 0 amide bonds. The zero-order valence-electron chi connectivity index (χ0n) is 12.7. The van der Waals surface area contributed by atoms with Crippen LogP contribution in [0.4, 0.5) is 5.69 Å². The lowest BCUT2D eigenvalue weighted by molar-refractivity contribution is 0.0949. The van der Waals surface area contributed by atoms with Crippen LogP contribution >= 0.6 is 11.8 Å². The number of anilines is 1. The van der Waals surface area contributed by atoms with E-state index in [2.05, 4.69) is 12.1 Å². The van der Waals surface area contributed by atoms with E-state index in [4.69, 9.17) is 0 Å². The molecule has 4 nitrogen and oxygen atoms in total. The second-order valence-electron chi connectivity index (χ2n) is 5.87. The Morgan fingerprint density at radius 1 is 0.958 bits per heavy atom. The summed E-state index contributed by atoms with van der Waals surface area (Å²) in [6.07, 6.45) is 0. The molecule has 0 bridgehead atoms. The minimum absolute atomic E-state index is 0.0952. The van der Waals surface area contributed by atoms with Crippen LogP contribution in [0.3, 0.4) is 0 Å². The smallest absolute Gasteiger partial charge is 0.186 e. The van der Waals surface area contributed by atoms with Gasteiger partial charge in [-0.05, 0) is 12.1 Å². The summed E-state index contributed by atoms with van der Waals surface area (Å²) < 4.78 is 0. The van der Waals surface area contributed by atoms with Crippen LogP contribution in [0.15, 0.2) is 59.5 Å². The minimum Gasteiger partial charge on any atom is -0.345 e. The summed E-state index contributed by atoms with van der Waals surface area (Å²) in [6.45, 7) is 0. The average molecular weight is 331 g/mol. The van der Waals surface area contributed by atoms with Gasteiger partial charge >= 0.3 is 0 Å². The predicted octanol–water partition coefficient (Wildman–Crippen LogP) is 3.47. The number of benzene rings is 2.